The van der Waals surface area contributed by atoms with Gasteiger partial charge >= 0.3 is 0 Å². The lowest BCUT2D eigenvalue weighted by Gasteiger charge is -2.34. The van der Waals surface area contributed by atoms with Crippen molar-refractivity contribution in [2.75, 3.05) is 32.4 Å². The molecule has 20 heavy (non-hydrogen) atoms. The fraction of sp³-hybridized carbons (Fsp3) is 0.643. The van der Waals surface area contributed by atoms with E-state index in [1.807, 2.05) is 18.4 Å². The fourth-order valence-electron chi connectivity index (χ4n) is 2.24. The van der Waals surface area contributed by atoms with Gasteiger partial charge in [0.25, 0.3) is 0 Å². The second kappa shape index (κ2) is 9.89. The summed E-state index contributed by atoms with van der Waals surface area (Å²) in [5.74, 6) is 2.28. The summed E-state index contributed by atoms with van der Waals surface area (Å²) in [5.41, 5.74) is 0. The zero-order valence-corrected chi connectivity index (χ0v) is 16.1. The van der Waals surface area contributed by atoms with Crippen LogP contribution in [-0.4, -0.2) is 48.5 Å². The quantitative estimate of drug-likeness (QED) is 0.456. The summed E-state index contributed by atoms with van der Waals surface area (Å²) in [6.45, 7) is 5.47. The number of hydrogen-bond acceptors (Lipinski definition) is 3. The number of aliphatic imine (C=N–C) groups is 1. The van der Waals surface area contributed by atoms with E-state index in [9.17, 15) is 0 Å². The minimum absolute atomic E-state index is 0. The van der Waals surface area contributed by atoms with Crippen LogP contribution < -0.4 is 5.32 Å². The molecule has 1 unspecified atom stereocenters. The van der Waals surface area contributed by atoms with Gasteiger partial charge in [-0.05, 0) is 24.3 Å². The zero-order valence-electron chi connectivity index (χ0n) is 12.2. The molecule has 1 aliphatic heterocycles. The van der Waals surface area contributed by atoms with E-state index in [4.69, 9.17) is 0 Å². The van der Waals surface area contributed by atoms with Gasteiger partial charge in [-0.1, -0.05) is 13.0 Å². The molecule has 0 spiro atoms. The van der Waals surface area contributed by atoms with Crippen LogP contribution >= 0.6 is 47.1 Å². The Labute approximate surface area is 147 Å². The molecule has 3 nitrogen and oxygen atoms in total. The van der Waals surface area contributed by atoms with Crippen LogP contribution in [0.1, 0.15) is 18.2 Å². The predicted molar refractivity (Wildman–Crippen MR) is 103 cm³/mol. The Morgan fingerprint density at radius 2 is 2.40 bits per heavy atom. The highest BCUT2D eigenvalue weighted by Gasteiger charge is 2.21. The van der Waals surface area contributed by atoms with Crippen molar-refractivity contribution in [3.63, 3.8) is 0 Å². The average Bonchev–Trinajstić information content (AvgIpc) is 2.97. The molecule has 6 heteroatoms. The van der Waals surface area contributed by atoms with Crippen molar-refractivity contribution in [2.45, 2.75) is 25.0 Å². The van der Waals surface area contributed by atoms with Crippen LogP contribution in [-0.2, 0) is 6.42 Å². The Morgan fingerprint density at radius 3 is 3.05 bits per heavy atom. The summed E-state index contributed by atoms with van der Waals surface area (Å²) < 4.78 is 0. The summed E-state index contributed by atoms with van der Waals surface area (Å²) in [6.07, 6.45) is 2.32. The van der Waals surface area contributed by atoms with Crippen LogP contribution in [0.2, 0.25) is 0 Å². The van der Waals surface area contributed by atoms with Gasteiger partial charge in [0, 0.05) is 42.6 Å². The maximum absolute atomic E-state index is 4.42. The third-order valence-electron chi connectivity index (χ3n) is 3.34. The molecule has 0 aliphatic carbocycles. The highest BCUT2D eigenvalue weighted by Crippen LogP contribution is 2.21. The van der Waals surface area contributed by atoms with Crippen molar-refractivity contribution in [3.8, 4) is 0 Å². The van der Waals surface area contributed by atoms with Gasteiger partial charge in [0.1, 0.15) is 0 Å². The number of guanidine groups is 1. The molecule has 1 fully saturated rings. The van der Waals surface area contributed by atoms with Gasteiger partial charge in [0.15, 0.2) is 5.96 Å². The van der Waals surface area contributed by atoms with E-state index in [2.05, 4.69) is 51.4 Å². The maximum atomic E-state index is 4.42. The third-order valence-corrected chi connectivity index (χ3v) is 5.65. The number of hydrogen-bond donors (Lipinski definition) is 1. The van der Waals surface area contributed by atoms with Crippen molar-refractivity contribution in [3.05, 3.63) is 22.4 Å². The molecule has 0 aromatic carbocycles. The molecule has 1 aliphatic rings. The molecule has 1 aromatic rings. The molecule has 114 valence electrons. The summed E-state index contributed by atoms with van der Waals surface area (Å²) in [6, 6.07) is 4.31. The van der Waals surface area contributed by atoms with Crippen LogP contribution in [0.3, 0.4) is 0 Å². The molecule has 1 atom stereocenters. The molecule has 1 aromatic heterocycles. The van der Waals surface area contributed by atoms with Crippen LogP contribution in [0, 0.1) is 0 Å². The maximum Gasteiger partial charge on any atom is 0.193 e. The van der Waals surface area contributed by atoms with E-state index in [1.165, 1.54) is 17.1 Å². The topological polar surface area (TPSA) is 27.6 Å². The molecule has 0 radical (unpaired) electrons. The van der Waals surface area contributed by atoms with Crippen LogP contribution in [0.25, 0.3) is 0 Å². The van der Waals surface area contributed by atoms with Gasteiger partial charge in [-0.2, -0.15) is 11.8 Å². The number of rotatable bonds is 4. The molecule has 1 saturated heterocycles. The monoisotopic (exact) mass is 425 g/mol. The Kier molecular flexibility index (Phi) is 8.95. The third kappa shape index (κ3) is 5.44. The minimum Gasteiger partial charge on any atom is -0.356 e. The number of nitrogens with zero attached hydrogens (tertiary/aromatic N) is 2. The first-order valence-electron chi connectivity index (χ1n) is 6.93. The Hall–Kier alpha value is 0.0500. The lowest BCUT2D eigenvalue weighted by molar-refractivity contribution is 0.408. The van der Waals surface area contributed by atoms with E-state index in [0.717, 1.165) is 37.3 Å². The van der Waals surface area contributed by atoms with E-state index in [0.29, 0.717) is 0 Å². The van der Waals surface area contributed by atoms with Crippen molar-refractivity contribution in [1.82, 2.24) is 10.2 Å². The SMILES string of the molecule is CCC1CN(C(=NC)NCCc2cccs2)CCS1.I. The van der Waals surface area contributed by atoms with Crippen LogP contribution in [0.5, 0.6) is 0 Å². The smallest absolute Gasteiger partial charge is 0.193 e. The summed E-state index contributed by atoms with van der Waals surface area (Å²) in [5, 5.41) is 6.39. The van der Waals surface area contributed by atoms with Crippen molar-refractivity contribution in [2.24, 2.45) is 4.99 Å². The van der Waals surface area contributed by atoms with Gasteiger partial charge < -0.3 is 10.2 Å². The highest BCUT2D eigenvalue weighted by molar-refractivity contribution is 14.0. The van der Waals surface area contributed by atoms with E-state index >= 15 is 0 Å². The van der Waals surface area contributed by atoms with Gasteiger partial charge in [-0.25, -0.2) is 0 Å². The number of thiophene rings is 1. The van der Waals surface area contributed by atoms with Gasteiger partial charge in [-0.15, -0.1) is 35.3 Å². The second-order valence-corrected chi connectivity index (χ2v) is 7.09. The lowest BCUT2D eigenvalue weighted by Crippen LogP contribution is -2.48. The van der Waals surface area contributed by atoms with Crippen molar-refractivity contribution < 1.29 is 0 Å². The Balaban J connectivity index is 0.00000200. The van der Waals surface area contributed by atoms with Crippen molar-refractivity contribution >= 4 is 53.0 Å². The first-order valence-corrected chi connectivity index (χ1v) is 8.86. The van der Waals surface area contributed by atoms with Gasteiger partial charge in [0.05, 0.1) is 0 Å². The van der Waals surface area contributed by atoms with E-state index in [1.54, 1.807) is 0 Å². The second-order valence-electron chi connectivity index (χ2n) is 4.65. The fourth-order valence-corrected chi connectivity index (χ4v) is 4.13. The standard InChI is InChI=1S/C14H23N3S2.HI/c1-3-12-11-17(8-10-19-12)14(15-2)16-7-6-13-5-4-9-18-13;/h4-5,9,12H,3,6-8,10-11H2,1-2H3,(H,15,16);1H. The number of thioether (sulfide) groups is 1. The summed E-state index contributed by atoms with van der Waals surface area (Å²) >= 11 is 3.92. The molecule has 1 N–H and O–H groups in total. The molecular formula is C14H24IN3S2. The predicted octanol–water partition coefficient (Wildman–Crippen LogP) is 3.31. The number of nitrogens with one attached hydrogen (secondary N) is 1. The Morgan fingerprint density at radius 1 is 1.55 bits per heavy atom. The van der Waals surface area contributed by atoms with Crippen LogP contribution in [0.4, 0.5) is 0 Å². The normalized spacial score (nSPS) is 19.6. The largest absolute Gasteiger partial charge is 0.356 e. The van der Waals surface area contributed by atoms with Gasteiger partial charge in [0.2, 0.25) is 0 Å². The summed E-state index contributed by atoms with van der Waals surface area (Å²) in [4.78, 5) is 8.26. The Bertz CT molecular complexity index is 395. The highest BCUT2D eigenvalue weighted by atomic mass is 127. The lowest BCUT2D eigenvalue weighted by atomic mass is 10.3. The number of halogens is 1. The molecular weight excluding hydrogens is 401 g/mol. The average molecular weight is 425 g/mol. The molecule has 2 rings (SSSR count). The first kappa shape index (κ1) is 18.1. The van der Waals surface area contributed by atoms with Gasteiger partial charge in [-0.3, -0.25) is 4.99 Å². The van der Waals surface area contributed by atoms with E-state index < -0.39 is 0 Å². The zero-order chi connectivity index (χ0) is 13.5. The first-order chi connectivity index (χ1) is 9.33. The minimum atomic E-state index is 0. The van der Waals surface area contributed by atoms with E-state index in [-0.39, 0.29) is 24.0 Å². The molecule has 0 amide bonds. The summed E-state index contributed by atoms with van der Waals surface area (Å²) in [7, 11) is 1.89. The molecule has 2 heterocycles. The van der Waals surface area contributed by atoms with Crippen molar-refractivity contribution in [1.29, 1.82) is 0 Å². The molecule has 0 bridgehead atoms. The molecule has 0 saturated carbocycles. The van der Waals surface area contributed by atoms with Crippen LogP contribution in [0.15, 0.2) is 22.5 Å².